The number of halogens is 1. The first-order valence-corrected chi connectivity index (χ1v) is 6.59. The Morgan fingerprint density at radius 2 is 1.94 bits per heavy atom. The van der Waals surface area contributed by atoms with Gasteiger partial charge in [0.2, 0.25) is 0 Å². The lowest BCUT2D eigenvalue weighted by Gasteiger charge is -2.11. The zero-order valence-corrected chi connectivity index (χ0v) is 11.8. The van der Waals surface area contributed by atoms with Crippen LogP contribution >= 0.6 is 15.9 Å². The van der Waals surface area contributed by atoms with Gasteiger partial charge in [-0.3, -0.25) is 5.41 Å². The van der Waals surface area contributed by atoms with Crippen molar-refractivity contribution in [3.63, 3.8) is 0 Å². The van der Waals surface area contributed by atoms with E-state index in [1.165, 1.54) is 0 Å². The molecule has 0 aliphatic carbocycles. The molecule has 1 aromatic rings. The zero-order chi connectivity index (χ0) is 12.7. The number of rotatable bonds is 5. The van der Waals surface area contributed by atoms with Crippen molar-refractivity contribution in [1.82, 2.24) is 5.32 Å². The van der Waals surface area contributed by atoms with Gasteiger partial charge >= 0.3 is 0 Å². The molecule has 0 spiro atoms. The number of hydrogen-bond acceptors (Lipinski definition) is 1. The van der Waals surface area contributed by atoms with Crippen molar-refractivity contribution in [3.05, 3.63) is 34.3 Å². The van der Waals surface area contributed by atoms with Crippen LogP contribution in [0.2, 0.25) is 0 Å². The minimum atomic E-state index is 0.274. The first-order valence-electron chi connectivity index (χ1n) is 5.80. The molecular weight excluding hydrogens is 278 g/mol. The number of benzene rings is 1. The minimum Gasteiger partial charge on any atom is -0.373 e. The Morgan fingerprint density at radius 3 is 2.47 bits per heavy atom. The van der Waals surface area contributed by atoms with E-state index in [1.807, 2.05) is 24.3 Å². The molecule has 0 aliphatic heterocycles. The second kappa shape index (κ2) is 7.22. The molecule has 2 N–H and O–H groups in total. The van der Waals surface area contributed by atoms with E-state index in [9.17, 15) is 0 Å². The van der Waals surface area contributed by atoms with Crippen molar-refractivity contribution in [3.8, 4) is 0 Å². The van der Waals surface area contributed by atoms with Gasteiger partial charge < -0.3 is 5.32 Å². The maximum atomic E-state index is 7.81. The summed E-state index contributed by atoms with van der Waals surface area (Å²) in [6.45, 7) is 4.27. The summed E-state index contributed by atoms with van der Waals surface area (Å²) in [4.78, 5) is 4.09. The van der Waals surface area contributed by atoms with E-state index >= 15 is 0 Å². The smallest absolute Gasteiger partial charge is 0.153 e. The van der Waals surface area contributed by atoms with Crippen molar-refractivity contribution in [2.45, 2.75) is 32.7 Å². The fourth-order valence-corrected chi connectivity index (χ4v) is 1.68. The maximum absolute atomic E-state index is 7.81. The molecule has 1 aromatic carbocycles. The molecule has 0 bridgehead atoms. The molecular formula is C13H18BrN3. The Labute approximate surface area is 111 Å². The Balaban J connectivity index is 2.54. The van der Waals surface area contributed by atoms with Crippen LogP contribution in [0, 0.1) is 5.41 Å². The fraction of sp³-hybridized carbons (Fsp3) is 0.385. The second-order valence-electron chi connectivity index (χ2n) is 3.79. The topological polar surface area (TPSA) is 48.2 Å². The third kappa shape index (κ3) is 4.69. The fourth-order valence-electron chi connectivity index (χ4n) is 1.41. The summed E-state index contributed by atoms with van der Waals surface area (Å²) in [6.07, 6.45) is 3.75. The van der Waals surface area contributed by atoms with Crippen molar-refractivity contribution < 1.29 is 0 Å². The standard InChI is InChI=1S/C13H18BrN3/c1-3-12(4-2)16-9-17-13(15)10-5-7-11(14)8-6-10/h5-9,12H,3-4H2,1-2H3,(H2,15,16,17). The van der Waals surface area contributed by atoms with Crippen LogP contribution < -0.4 is 5.32 Å². The van der Waals surface area contributed by atoms with Crippen LogP contribution in [-0.2, 0) is 0 Å². The summed E-state index contributed by atoms with van der Waals surface area (Å²) in [7, 11) is 0. The third-order valence-electron chi connectivity index (χ3n) is 2.61. The SMILES string of the molecule is CCC(CC)N/C=N\C(=N)c1ccc(Br)cc1. The summed E-state index contributed by atoms with van der Waals surface area (Å²) in [5.74, 6) is 0.274. The van der Waals surface area contributed by atoms with Gasteiger partial charge in [-0.2, -0.15) is 0 Å². The van der Waals surface area contributed by atoms with E-state index in [0.29, 0.717) is 6.04 Å². The average molecular weight is 296 g/mol. The van der Waals surface area contributed by atoms with Gasteiger partial charge in [0.05, 0.1) is 6.34 Å². The summed E-state index contributed by atoms with van der Waals surface area (Å²) < 4.78 is 1.01. The van der Waals surface area contributed by atoms with Crippen LogP contribution in [0.5, 0.6) is 0 Å². The van der Waals surface area contributed by atoms with Gasteiger partial charge in [-0.15, -0.1) is 0 Å². The van der Waals surface area contributed by atoms with Crippen molar-refractivity contribution in [2.24, 2.45) is 4.99 Å². The van der Waals surface area contributed by atoms with Crippen molar-refractivity contribution in [1.29, 1.82) is 5.41 Å². The lowest BCUT2D eigenvalue weighted by molar-refractivity contribution is 0.576. The molecule has 0 amide bonds. The summed E-state index contributed by atoms with van der Waals surface area (Å²) in [5, 5.41) is 11.0. The van der Waals surface area contributed by atoms with E-state index in [0.717, 1.165) is 22.9 Å². The predicted octanol–water partition coefficient (Wildman–Crippen LogP) is 3.58. The van der Waals surface area contributed by atoms with Crippen molar-refractivity contribution >= 4 is 28.1 Å². The van der Waals surface area contributed by atoms with Gasteiger partial charge in [0.1, 0.15) is 0 Å². The van der Waals surface area contributed by atoms with Crippen molar-refractivity contribution in [2.75, 3.05) is 0 Å². The monoisotopic (exact) mass is 295 g/mol. The Bertz CT molecular complexity index is 380. The second-order valence-corrected chi connectivity index (χ2v) is 4.71. The van der Waals surface area contributed by atoms with Crippen LogP contribution in [0.1, 0.15) is 32.3 Å². The van der Waals surface area contributed by atoms with Gasteiger partial charge in [0, 0.05) is 16.1 Å². The molecule has 0 unspecified atom stereocenters. The first kappa shape index (κ1) is 13.9. The van der Waals surface area contributed by atoms with Gasteiger partial charge in [-0.05, 0) is 25.0 Å². The molecule has 0 aliphatic rings. The summed E-state index contributed by atoms with van der Waals surface area (Å²) in [5.41, 5.74) is 0.816. The lowest BCUT2D eigenvalue weighted by Crippen LogP contribution is -2.26. The predicted molar refractivity (Wildman–Crippen MR) is 77.0 cm³/mol. The number of nitrogens with one attached hydrogen (secondary N) is 2. The lowest BCUT2D eigenvalue weighted by atomic mass is 10.2. The molecule has 0 heterocycles. The number of amidine groups is 1. The summed E-state index contributed by atoms with van der Waals surface area (Å²) in [6, 6.07) is 8.01. The number of hydrogen-bond donors (Lipinski definition) is 2. The Morgan fingerprint density at radius 1 is 1.35 bits per heavy atom. The maximum Gasteiger partial charge on any atom is 0.153 e. The largest absolute Gasteiger partial charge is 0.373 e. The molecule has 0 atom stereocenters. The highest BCUT2D eigenvalue weighted by Gasteiger charge is 2.00. The third-order valence-corrected chi connectivity index (χ3v) is 3.14. The molecule has 0 radical (unpaired) electrons. The summed E-state index contributed by atoms with van der Waals surface area (Å²) >= 11 is 3.36. The van der Waals surface area contributed by atoms with Crippen LogP contribution in [0.15, 0.2) is 33.7 Å². The van der Waals surface area contributed by atoms with E-state index in [1.54, 1.807) is 6.34 Å². The molecule has 1 rings (SSSR count). The Kier molecular flexibility index (Phi) is 5.91. The molecule has 0 saturated carbocycles. The van der Waals surface area contributed by atoms with E-state index < -0.39 is 0 Å². The van der Waals surface area contributed by atoms with Crippen LogP contribution in [0.25, 0.3) is 0 Å². The van der Waals surface area contributed by atoms with Gasteiger partial charge in [0.25, 0.3) is 0 Å². The van der Waals surface area contributed by atoms with Gasteiger partial charge in [-0.25, -0.2) is 4.99 Å². The average Bonchev–Trinajstić information content (AvgIpc) is 2.35. The van der Waals surface area contributed by atoms with Crippen LogP contribution in [0.4, 0.5) is 0 Å². The first-order chi connectivity index (χ1) is 8.17. The highest BCUT2D eigenvalue weighted by atomic mass is 79.9. The van der Waals surface area contributed by atoms with Crippen LogP contribution in [-0.4, -0.2) is 18.2 Å². The highest BCUT2D eigenvalue weighted by Crippen LogP contribution is 2.10. The zero-order valence-electron chi connectivity index (χ0n) is 10.2. The highest BCUT2D eigenvalue weighted by molar-refractivity contribution is 9.10. The molecule has 0 fully saturated rings. The molecule has 3 nitrogen and oxygen atoms in total. The molecule has 4 heteroatoms. The normalized spacial score (nSPS) is 11.1. The van der Waals surface area contributed by atoms with E-state index in [-0.39, 0.29) is 5.84 Å². The molecule has 0 aromatic heterocycles. The number of nitrogens with zero attached hydrogens (tertiary/aromatic N) is 1. The minimum absolute atomic E-state index is 0.274. The van der Waals surface area contributed by atoms with Gasteiger partial charge in [0.15, 0.2) is 5.84 Å². The molecule has 0 saturated heterocycles. The van der Waals surface area contributed by atoms with E-state index in [2.05, 4.69) is 40.1 Å². The number of aliphatic imine (C=N–C) groups is 1. The molecule has 17 heavy (non-hydrogen) atoms. The molecule has 92 valence electrons. The van der Waals surface area contributed by atoms with Gasteiger partial charge in [-0.1, -0.05) is 41.9 Å². The quantitative estimate of drug-likeness (QED) is 0.633. The Hall–Kier alpha value is -1.16. The van der Waals surface area contributed by atoms with E-state index in [4.69, 9.17) is 5.41 Å². The van der Waals surface area contributed by atoms with Crippen LogP contribution in [0.3, 0.4) is 0 Å².